The molecule has 0 heterocycles. The number of anilines is 2. The van der Waals surface area contributed by atoms with Gasteiger partial charge in [-0.05, 0) is 66.3 Å². The second-order valence-electron chi connectivity index (χ2n) is 9.32. The largest absolute Gasteiger partial charge is 0.469 e. The molecule has 6 nitrogen and oxygen atoms in total. The maximum atomic E-state index is 13.3. The second-order valence-corrected chi connectivity index (χ2v) is 9.32. The van der Waals surface area contributed by atoms with E-state index in [1.807, 2.05) is 19.1 Å². The van der Waals surface area contributed by atoms with Gasteiger partial charge in [-0.2, -0.15) is 13.2 Å². The van der Waals surface area contributed by atoms with E-state index in [-0.39, 0.29) is 17.9 Å². The van der Waals surface area contributed by atoms with E-state index >= 15 is 0 Å². The highest BCUT2D eigenvalue weighted by atomic mass is 19.4. The summed E-state index contributed by atoms with van der Waals surface area (Å²) in [6.07, 6.45) is -2.66. The fourth-order valence-electron chi connectivity index (χ4n) is 4.77. The molecule has 2 amide bonds. The molecule has 3 aromatic carbocycles. The average Bonchev–Trinajstić information content (AvgIpc) is 2.90. The summed E-state index contributed by atoms with van der Waals surface area (Å²) in [5.41, 5.74) is 2.19. The van der Waals surface area contributed by atoms with E-state index in [1.54, 1.807) is 30.3 Å². The van der Waals surface area contributed by atoms with Crippen LogP contribution in [0, 0.1) is 5.41 Å². The number of hydrogen-bond donors (Lipinski definition) is 2. The Labute approximate surface area is 218 Å². The van der Waals surface area contributed by atoms with E-state index in [1.165, 1.54) is 19.2 Å². The van der Waals surface area contributed by atoms with Crippen molar-refractivity contribution in [3.63, 3.8) is 0 Å². The minimum absolute atomic E-state index is 0.0243. The molecule has 0 unspecified atom stereocenters. The van der Waals surface area contributed by atoms with Crippen molar-refractivity contribution in [2.75, 3.05) is 17.7 Å². The lowest BCUT2D eigenvalue weighted by atomic mass is 9.67. The van der Waals surface area contributed by atoms with Gasteiger partial charge in [-0.15, -0.1) is 0 Å². The molecule has 3 aromatic rings. The average molecular weight is 525 g/mol. The van der Waals surface area contributed by atoms with Crippen LogP contribution in [0.2, 0.25) is 0 Å². The first-order valence-corrected chi connectivity index (χ1v) is 12.1. The van der Waals surface area contributed by atoms with Gasteiger partial charge in [-0.1, -0.05) is 43.3 Å². The fourth-order valence-corrected chi connectivity index (χ4v) is 4.77. The van der Waals surface area contributed by atoms with Crippen LogP contribution in [0.5, 0.6) is 0 Å². The normalized spacial score (nSPS) is 16.9. The highest BCUT2D eigenvalue weighted by Gasteiger charge is 2.43. The molecule has 0 aliphatic heterocycles. The molecule has 0 radical (unpaired) electrons. The SMILES string of the molecule is CC[C@@]1(CC(=O)OC)CCc2cc(-c3ccc(NC(=O)Nc4cccc(C(F)(F)F)c4)cc3)ccc2C1=O. The Morgan fingerprint density at radius 1 is 0.947 bits per heavy atom. The van der Waals surface area contributed by atoms with Crippen molar-refractivity contribution in [2.24, 2.45) is 5.41 Å². The minimum Gasteiger partial charge on any atom is -0.469 e. The van der Waals surface area contributed by atoms with Gasteiger partial charge in [0.15, 0.2) is 5.78 Å². The lowest BCUT2D eigenvalue weighted by Gasteiger charge is -2.35. The molecular weight excluding hydrogens is 497 g/mol. The maximum Gasteiger partial charge on any atom is 0.416 e. The first-order valence-electron chi connectivity index (χ1n) is 12.1. The van der Waals surface area contributed by atoms with Crippen LogP contribution >= 0.6 is 0 Å². The summed E-state index contributed by atoms with van der Waals surface area (Å²) in [6.45, 7) is 1.91. The first-order chi connectivity index (χ1) is 18.0. The molecule has 38 heavy (non-hydrogen) atoms. The van der Waals surface area contributed by atoms with Crippen LogP contribution < -0.4 is 10.6 Å². The highest BCUT2D eigenvalue weighted by Crippen LogP contribution is 2.42. The zero-order valence-corrected chi connectivity index (χ0v) is 20.9. The van der Waals surface area contributed by atoms with E-state index < -0.39 is 29.2 Å². The number of nitrogens with one attached hydrogen (secondary N) is 2. The summed E-state index contributed by atoms with van der Waals surface area (Å²) < 4.78 is 43.5. The number of halogens is 3. The van der Waals surface area contributed by atoms with Crippen molar-refractivity contribution in [3.05, 3.63) is 83.4 Å². The Kier molecular flexibility index (Phi) is 7.57. The Balaban J connectivity index is 1.45. The third-order valence-corrected chi connectivity index (χ3v) is 7.02. The molecule has 2 N–H and O–H groups in total. The van der Waals surface area contributed by atoms with Crippen molar-refractivity contribution < 1.29 is 32.3 Å². The summed E-state index contributed by atoms with van der Waals surface area (Å²) in [5.74, 6) is -0.429. The lowest BCUT2D eigenvalue weighted by Crippen LogP contribution is -2.37. The molecule has 0 fully saturated rings. The van der Waals surface area contributed by atoms with Crippen molar-refractivity contribution >= 4 is 29.2 Å². The molecule has 4 rings (SSSR count). The van der Waals surface area contributed by atoms with Gasteiger partial charge >= 0.3 is 18.2 Å². The van der Waals surface area contributed by atoms with Gasteiger partial charge in [0.25, 0.3) is 0 Å². The maximum absolute atomic E-state index is 13.3. The number of ketones is 1. The Bertz CT molecular complexity index is 1370. The van der Waals surface area contributed by atoms with Crippen LogP contribution in [-0.4, -0.2) is 24.9 Å². The molecule has 0 aromatic heterocycles. The van der Waals surface area contributed by atoms with E-state index in [9.17, 15) is 27.6 Å². The van der Waals surface area contributed by atoms with Crippen molar-refractivity contribution in [1.82, 2.24) is 0 Å². The number of aryl methyl sites for hydroxylation is 1. The van der Waals surface area contributed by atoms with E-state index in [0.29, 0.717) is 30.5 Å². The minimum atomic E-state index is -4.50. The standard InChI is InChI=1S/C29H27F3N2O4/c1-3-28(17-25(35)38-2)14-13-20-15-19(9-12-24(20)26(28)36)18-7-10-22(11-8-18)33-27(37)34-23-6-4-5-21(16-23)29(30,31)32/h4-12,15-16H,3,13-14,17H2,1-2H3,(H2,33,34,37)/t28-/m0/s1. The Hall–Kier alpha value is -4.14. The molecule has 0 bridgehead atoms. The summed E-state index contributed by atoms with van der Waals surface area (Å²) >= 11 is 0. The van der Waals surface area contributed by atoms with Gasteiger partial charge in [0.05, 0.1) is 19.1 Å². The fraction of sp³-hybridized carbons (Fsp3) is 0.276. The number of methoxy groups -OCH3 is 1. The lowest BCUT2D eigenvalue weighted by molar-refractivity contribution is -0.143. The van der Waals surface area contributed by atoms with Crippen molar-refractivity contribution in [2.45, 2.75) is 38.8 Å². The van der Waals surface area contributed by atoms with Crippen molar-refractivity contribution in [3.8, 4) is 11.1 Å². The van der Waals surface area contributed by atoms with Crippen LogP contribution in [-0.2, 0) is 22.1 Å². The number of amides is 2. The third-order valence-electron chi connectivity index (χ3n) is 7.02. The smallest absolute Gasteiger partial charge is 0.416 e. The Morgan fingerprint density at radius 2 is 1.63 bits per heavy atom. The number of rotatable bonds is 6. The number of urea groups is 1. The zero-order chi connectivity index (χ0) is 27.5. The summed E-state index contributed by atoms with van der Waals surface area (Å²) in [4.78, 5) is 37.5. The number of fused-ring (bicyclic) bond motifs is 1. The number of esters is 1. The highest BCUT2D eigenvalue weighted by molar-refractivity contribution is 6.05. The molecule has 1 aliphatic rings. The van der Waals surface area contributed by atoms with Gasteiger partial charge in [0.1, 0.15) is 0 Å². The second kappa shape index (κ2) is 10.7. The predicted molar refractivity (Wildman–Crippen MR) is 138 cm³/mol. The third kappa shape index (κ3) is 5.72. The summed E-state index contributed by atoms with van der Waals surface area (Å²) in [7, 11) is 1.32. The zero-order valence-electron chi connectivity index (χ0n) is 20.9. The van der Waals surface area contributed by atoms with Crippen LogP contribution in [0.15, 0.2) is 66.7 Å². The van der Waals surface area contributed by atoms with Gasteiger partial charge in [0.2, 0.25) is 0 Å². The Morgan fingerprint density at radius 3 is 2.29 bits per heavy atom. The number of benzene rings is 3. The number of alkyl halides is 3. The van der Waals surface area contributed by atoms with Gasteiger partial charge in [-0.25, -0.2) is 4.79 Å². The van der Waals surface area contributed by atoms with Crippen LogP contribution in [0.4, 0.5) is 29.3 Å². The number of carbonyl (C=O) groups excluding carboxylic acids is 3. The molecular formula is C29H27F3N2O4. The summed E-state index contributed by atoms with van der Waals surface area (Å²) in [6, 6.07) is 16.3. The molecule has 1 aliphatic carbocycles. The van der Waals surface area contributed by atoms with E-state index in [2.05, 4.69) is 10.6 Å². The van der Waals surface area contributed by atoms with Gasteiger partial charge in [0, 0.05) is 22.4 Å². The molecule has 0 saturated heterocycles. The number of ether oxygens (including phenoxy) is 1. The molecule has 1 atom stereocenters. The monoisotopic (exact) mass is 524 g/mol. The van der Waals surface area contributed by atoms with E-state index in [0.717, 1.165) is 28.8 Å². The van der Waals surface area contributed by atoms with Gasteiger partial charge in [-0.3, -0.25) is 9.59 Å². The first kappa shape index (κ1) is 26.9. The molecule has 0 spiro atoms. The molecule has 0 saturated carbocycles. The van der Waals surface area contributed by atoms with Crippen LogP contribution in [0.1, 0.15) is 47.7 Å². The number of carbonyl (C=O) groups is 3. The van der Waals surface area contributed by atoms with E-state index in [4.69, 9.17) is 4.74 Å². The topological polar surface area (TPSA) is 84.5 Å². The number of Topliss-reactive ketones (excluding diaryl/α,β-unsaturated/α-hetero) is 1. The summed E-state index contributed by atoms with van der Waals surface area (Å²) in [5, 5.41) is 5.01. The predicted octanol–water partition coefficient (Wildman–Crippen LogP) is 7.10. The molecule has 9 heteroatoms. The molecule has 198 valence electrons. The van der Waals surface area contributed by atoms with Crippen molar-refractivity contribution in [1.29, 1.82) is 0 Å². The van der Waals surface area contributed by atoms with Crippen LogP contribution in [0.3, 0.4) is 0 Å². The quantitative estimate of drug-likeness (QED) is 0.337. The van der Waals surface area contributed by atoms with Gasteiger partial charge < -0.3 is 15.4 Å². The van der Waals surface area contributed by atoms with Crippen LogP contribution in [0.25, 0.3) is 11.1 Å². The number of hydrogen-bond acceptors (Lipinski definition) is 4.